The maximum absolute atomic E-state index is 9.61. The Bertz CT molecular complexity index is 335. The molecule has 0 bridgehead atoms. The van der Waals surface area contributed by atoms with Gasteiger partial charge in [-0.15, -0.1) is 0 Å². The first-order valence-corrected chi connectivity index (χ1v) is 8.25. The molecule has 0 aliphatic heterocycles. The Morgan fingerprint density at radius 1 is 0.952 bits per heavy atom. The van der Waals surface area contributed by atoms with Gasteiger partial charge in [0.25, 0.3) is 0 Å². The van der Waals surface area contributed by atoms with E-state index in [-0.39, 0.29) is 0 Å². The van der Waals surface area contributed by atoms with Gasteiger partial charge in [0.05, 0.1) is 5.60 Å². The number of aliphatic hydroxyl groups is 1. The lowest BCUT2D eigenvalue weighted by Crippen LogP contribution is -2.21. The molecule has 0 rings (SSSR count). The van der Waals surface area contributed by atoms with Crippen LogP contribution in [0.2, 0.25) is 0 Å². The average molecular weight is 295 g/mol. The van der Waals surface area contributed by atoms with Crippen LogP contribution in [-0.2, 0) is 0 Å². The third kappa shape index (κ3) is 19.2. The van der Waals surface area contributed by atoms with Crippen LogP contribution in [0.3, 0.4) is 0 Å². The molecule has 0 amide bonds. The molecule has 1 nitrogen and oxygen atoms in total. The lowest BCUT2D eigenvalue weighted by molar-refractivity contribution is 0.0480. The van der Waals surface area contributed by atoms with E-state index in [4.69, 9.17) is 0 Å². The van der Waals surface area contributed by atoms with Crippen molar-refractivity contribution in [3.8, 4) is 0 Å². The third-order valence-corrected chi connectivity index (χ3v) is 3.58. The van der Waals surface area contributed by atoms with Gasteiger partial charge in [0, 0.05) is 0 Å². The lowest BCUT2D eigenvalue weighted by atomic mass is 9.97. The zero-order valence-corrected chi connectivity index (χ0v) is 15.7. The van der Waals surface area contributed by atoms with E-state index < -0.39 is 5.60 Å². The summed E-state index contributed by atoms with van der Waals surface area (Å²) in [5.74, 6) is 0. The molecule has 0 radical (unpaired) electrons. The van der Waals surface area contributed by atoms with Crippen molar-refractivity contribution in [1.82, 2.24) is 0 Å². The van der Waals surface area contributed by atoms with E-state index in [0.29, 0.717) is 0 Å². The predicted octanol–water partition coefficient (Wildman–Crippen LogP) is 6.59. The summed E-state index contributed by atoms with van der Waals surface area (Å²) in [4.78, 5) is 0. The van der Waals surface area contributed by atoms with Crippen LogP contribution in [-0.4, -0.2) is 10.7 Å². The number of hydrogen-bond donors (Lipinski definition) is 1. The van der Waals surface area contributed by atoms with Crippen LogP contribution in [0.5, 0.6) is 0 Å². The highest BCUT2D eigenvalue weighted by molar-refractivity contribution is 5.00. The second kappa shape index (κ2) is 12.9. The Morgan fingerprint density at radius 3 is 1.81 bits per heavy atom. The van der Waals surface area contributed by atoms with Crippen LogP contribution < -0.4 is 0 Å². The van der Waals surface area contributed by atoms with Crippen LogP contribution in [0.15, 0.2) is 34.9 Å². The van der Waals surface area contributed by atoms with Gasteiger partial charge >= 0.3 is 0 Å². The molecule has 21 heavy (non-hydrogen) atoms. The predicted molar refractivity (Wildman–Crippen MR) is 97.7 cm³/mol. The molecule has 0 aromatic rings. The lowest BCUT2D eigenvalue weighted by Gasteiger charge is -2.19. The number of hydrogen-bond acceptors (Lipinski definition) is 1. The number of allylic oxidation sites excluding steroid dienone is 6. The van der Waals surface area contributed by atoms with Crippen LogP contribution in [0.1, 0.15) is 87.5 Å². The minimum atomic E-state index is -0.466. The highest BCUT2D eigenvalue weighted by Crippen LogP contribution is 2.16. The summed E-state index contributed by atoms with van der Waals surface area (Å²) in [7, 11) is 0. The molecule has 1 N–H and O–H groups in total. The monoisotopic (exact) mass is 294 g/mol. The molecular weight excluding hydrogens is 256 g/mol. The first kappa shape index (κ1) is 22.5. The van der Waals surface area contributed by atoms with Gasteiger partial charge in [-0.25, -0.2) is 0 Å². The third-order valence-electron chi connectivity index (χ3n) is 3.58. The van der Waals surface area contributed by atoms with E-state index in [1.807, 2.05) is 13.8 Å². The van der Waals surface area contributed by atoms with Crippen LogP contribution in [0.4, 0.5) is 0 Å². The van der Waals surface area contributed by atoms with Crippen molar-refractivity contribution in [3.05, 3.63) is 34.9 Å². The minimum Gasteiger partial charge on any atom is -0.390 e. The molecule has 124 valence electrons. The van der Waals surface area contributed by atoms with Gasteiger partial charge in [-0.1, -0.05) is 41.9 Å². The minimum absolute atomic E-state index is 0.466. The molecule has 0 heterocycles. The van der Waals surface area contributed by atoms with Crippen molar-refractivity contribution in [2.45, 2.75) is 93.1 Å². The Morgan fingerprint density at radius 2 is 1.43 bits per heavy atom. The quantitative estimate of drug-likeness (QED) is 0.525. The standard InChI is InChI=1S/C10H20O.C10H18/c1-5-10(4,11)8-6-7-9(2)3;1-5-10(4)8-6-7-9(2)3/h7,11H,5-6,8H2,1-4H3;5,7H,6,8H2,1-4H3/b;10-5+. The maximum atomic E-state index is 9.61. The van der Waals surface area contributed by atoms with E-state index in [9.17, 15) is 5.11 Å². The molecule has 0 fully saturated rings. The highest BCUT2D eigenvalue weighted by Gasteiger charge is 2.15. The summed E-state index contributed by atoms with van der Waals surface area (Å²) in [6.07, 6.45) is 11.7. The molecular formula is C20H38O. The fraction of sp³-hybridized carbons (Fsp3) is 0.700. The van der Waals surface area contributed by atoms with Crippen molar-refractivity contribution in [2.75, 3.05) is 0 Å². The van der Waals surface area contributed by atoms with Crippen molar-refractivity contribution >= 4 is 0 Å². The summed E-state index contributed by atoms with van der Waals surface area (Å²) in [5, 5.41) is 9.61. The first-order chi connectivity index (χ1) is 9.64. The van der Waals surface area contributed by atoms with Gasteiger partial charge in [-0.3, -0.25) is 0 Å². The smallest absolute Gasteiger partial charge is 0.0620 e. The zero-order chi connectivity index (χ0) is 16.9. The summed E-state index contributed by atoms with van der Waals surface area (Å²) >= 11 is 0. The van der Waals surface area contributed by atoms with Gasteiger partial charge in [0.1, 0.15) is 0 Å². The second-order valence-corrected chi connectivity index (χ2v) is 6.63. The van der Waals surface area contributed by atoms with Crippen LogP contribution in [0, 0.1) is 0 Å². The van der Waals surface area contributed by atoms with E-state index in [2.05, 4.69) is 59.8 Å². The molecule has 0 saturated carbocycles. The van der Waals surface area contributed by atoms with Gasteiger partial charge in [-0.05, 0) is 80.6 Å². The van der Waals surface area contributed by atoms with E-state index in [0.717, 1.165) is 19.3 Å². The van der Waals surface area contributed by atoms with E-state index >= 15 is 0 Å². The molecule has 0 saturated heterocycles. The van der Waals surface area contributed by atoms with Crippen molar-refractivity contribution in [3.63, 3.8) is 0 Å². The molecule has 0 aromatic heterocycles. The zero-order valence-electron chi connectivity index (χ0n) is 15.7. The Balaban J connectivity index is 0. The summed E-state index contributed by atoms with van der Waals surface area (Å²) in [6.45, 7) is 16.6. The SMILES string of the molecule is C/C=C(\C)CCC=C(C)C.CCC(C)(O)CCC=C(C)C. The molecule has 1 atom stereocenters. The fourth-order valence-electron chi connectivity index (χ4n) is 1.58. The Kier molecular flexibility index (Phi) is 13.8. The highest BCUT2D eigenvalue weighted by atomic mass is 16.3. The van der Waals surface area contributed by atoms with Gasteiger partial charge in [0.15, 0.2) is 0 Å². The molecule has 1 heteroatoms. The van der Waals surface area contributed by atoms with E-state index in [1.165, 1.54) is 29.6 Å². The maximum Gasteiger partial charge on any atom is 0.0620 e. The van der Waals surface area contributed by atoms with Gasteiger partial charge in [0.2, 0.25) is 0 Å². The van der Waals surface area contributed by atoms with Gasteiger partial charge in [-0.2, -0.15) is 0 Å². The molecule has 0 aromatic carbocycles. The Labute approximate surface area is 133 Å². The summed E-state index contributed by atoms with van der Waals surface area (Å²) in [5.41, 5.74) is 3.77. The molecule has 0 aliphatic rings. The topological polar surface area (TPSA) is 20.2 Å². The summed E-state index contributed by atoms with van der Waals surface area (Å²) < 4.78 is 0. The molecule has 1 unspecified atom stereocenters. The first-order valence-electron chi connectivity index (χ1n) is 8.25. The average Bonchev–Trinajstić information content (AvgIpc) is 2.38. The van der Waals surface area contributed by atoms with Gasteiger partial charge < -0.3 is 5.11 Å². The normalized spacial score (nSPS) is 13.7. The van der Waals surface area contributed by atoms with Crippen LogP contribution in [0.25, 0.3) is 0 Å². The fourth-order valence-corrected chi connectivity index (χ4v) is 1.58. The second-order valence-electron chi connectivity index (χ2n) is 6.63. The molecule has 0 aliphatic carbocycles. The summed E-state index contributed by atoms with van der Waals surface area (Å²) in [6, 6.07) is 0. The molecule has 0 spiro atoms. The number of rotatable bonds is 7. The van der Waals surface area contributed by atoms with Crippen LogP contribution >= 0.6 is 0 Å². The van der Waals surface area contributed by atoms with Crippen molar-refractivity contribution in [2.24, 2.45) is 0 Å². The largest absolute Gasteiger partial charge is 0.390 e. The van der Waals surface area contributed by atoms with E-state index in [1.54, 1.807) is 0 Å². The van der Waals surface area contributed by atoms with Crippen molar-refractivity contribution in [1.29, 1.82) is 0 Å². The Hall–Kier alpha value is -0.820. The van der Waals surface area contributed by atoms with Crippen molar-refractivity contribution < 1.29 is 5.11 Å².